The molecule has 1 aromatic carbocycles. The van der Waals surface area contributed by atoms with Crippen LogP contribution in [0.3, 0.4) is 0 Å². The monoisotopic (exact) mass is 447 g/mol. The largest absolute Gasteiger partial charge is 0.352 e. The number of amides is 1. The summed E-state index contributed by atoms with van der Waals surface area (Å²) in [4.78, 5) is 14.5. The van der Waals surface area contributed by atoms with Gasteiger partial charge < -0.3 is 5.32 Å². The van der Waals surface area contributed by atoms with E-state index in [0.717, 1.165) is 12.8 Å². The van der Waals surface area contributed by atoms with E-state index in [1.807, 2.05) is 4.90 Å². The van der Waals surface area contributed by atoms with Gasteiger partial charge in [0, 0.05) is 32.2 Å². The van der Waals surface area contributed by atoms with Gasteiger partial charge in [-0.1, -0.05) is 43.0 Å². The molecule has 9 heteroatoms. The average molecular weight is 448 g/mol. The molecule has 1 heterocycles. The molecule has 2 aliphatic rings. The van der Waals surface area contributed by atoms with Crippen molar-refractivity contribution in [1.29, 1.82) is 0 Å². The second-order valence-corrected chi connectivity index (χ2v) is 10.4. The fourth-order valence-electron chi connectivity index (χ4n) is 3.90. The smallest absolute Gasteiger partial charge is 0.243 e. The van der Waals surface area contributed by atoms with Crippen molar-refractivity contribution in [2.45, 2.75) is 43.5 Å². The SMILES string of the molecule is CC1CCCCC1NC(=O)CN1CCN(S(=O)(=O)c2ccc(Cl)c(Cl)c2)CC1. The lowest BCUT2D eigenvalue weighted by Gasteiger charge is -2.34. The summed E-state index contributed by atoms with van der Waals surface area (Å²) in [5, 5.41) is 3.70. The number of carbonyl (C=O) groups excluding carboxylic acids is 1. The van der Waals surface area contributed by atoms with Crippen molar-refractivity contribution in [2.24, 2.45) is 5.92 Å². The van der Waals surface area contributed by atoms with Crippen molar-refractivity contribution < 1.29 is 13.2 Å². The van der Waals surface area contributed by atoms with E-state index in [9.17, 15) is 13.2 Å². The van der Waals surface area contributed by atoms with Crippen LogP contribution in [0.15, 0.2) is 23.1 Å². The predicted octanol–water partition coefficient (Wildman–Crippen LogP) is 2.99. The number of sulfonamides is 1. The highest BCUT2D eigenvalue weighted by atomic mass is 35.5. The third-order valence-corrected chi connectivity index (χ3v) is 8.32. The van der Waals surface area contributed by atoms with Crippen LogP contribution in [-0.4, -0.2) is 62.3 Å². The lowest BCUT2D eigenvalue weighted by atomic mass is 9.86. The Labute approximate surface area is 177 Å². The van der Waals surface area contributed by atoms with Crippen LogP contribution < -0.4 is 5.32 Å². The first-order valence-corrected chi connectivity index (χ1v) is 11.9. The van der Waals surface area contributed by atoms with Gasteiger partial charge in [0.15, 0.2) is 0 Å². The van der Waals surface area contributed by atoms with Crippen molar-refractivity contribution in [3.05, 3.63) is 28.2 Å². The van der Waals surface area contributed by atoms with Gasteiger partial charge in [0.2, 0.25) is 15.9 Å². The zero-order chi connectivity index (χ0) is 20.3. The highest BCUT2D eigenvalue weighted by Crippen LogP contribution is 2.27. The van der Waals surface area contributed by atoms with Crippen molar-refractivity contribution in [2.75, 3.05) is 32.7 Å². The van der Waals surface area contributed by atoms with Crippen LogP contribution >= 0.6 is 23.2 Å². The molecule has 1 aliphatic heterocycles. The highest BCUT2D eigenvalue weighted by molar-refractivity contribution is 7.89. The van der Waals surface area contributed by atoms with Gasteiger partial charge in [0.1, 0.15) is 0 Å². The summed E-state index contributed by atoms with van der Waals surface area (Å²) in [5.74, 6) is 0.547. The van der Waals surface area contributed by atoms with E-state index < -0.39 is 10.0 Å². The maximum Gasteiger partial charge on any atom is 0.243 e. The van der Waals surface area contributed by atoms with E-state index in [2.05, 4.69) is 12.2 Å². The first-order chi connectivity index (χ1) is 13.3. The van der Waals surface area contributed by atoms with E-state index >= 15 is 0 Å². The minimum absolute atomic E-state index is 0.0274. The van der Waals surface area contributed by atoms with E-state index in [0.29, 0.717) is 43.7 Å². The van der Waals surface area contributed by atoms with E-state index in [1.165, 1.54) is 35.3 Å². The number of halogens is 2. The second-order valence-electron chi connectivity index (χ2n) is 7.69. The highest BCUT2D eigenvalue weighted by Gasteiger charge is 2.30. The lowest BCUT2D eigenvalue weighted by Crippen LogP contribution is -2.52. The molecule has 1 saturated carbocycles. The molecule has 28 heavy (non-hydrogen) atoms. The molecule has 6 nitrogen and oxygen atoms in total. The number of nitrogens with zero attached hydrogens (tertiary/aromatic N) is 2. The third kappa shape index (κ3) is 5.19. The van der Waals surface area contributed by atoms with Gasteiger partial charge in [-0.05, 0) is 37.0 Å². The normalized spacial score (nSPS) is 24.8. The maximum atomic E-state index is 12.8. The van der Waals surface area contributed by atoms with Gasteiger partial charge in [-0.2, -0.15) is 4.31 Å². The lowest BCUT2D eigenvalue weighted by molar-refractivity contribution is -0.123. The van der Waals surface area contributed by atoms with E-state index in [4.69, 9.17) is 23.2 Å². The number of benzene rings is 1. The minimum Gasteiger partial charge on any atom is -0.352 e. The third-order valence-electron chi connectivity index (χ3n) is 5.69. The maximum absolute atomic E-state index is 12.8. The summed E-state index contributed by atoms with van der Waals surface area (Å²) in [6.07, 6.45) is 4.61. The molecule has 3 rings (SSSR count). The van der Waals surface area contributed by atoms with Crippen molar-refractivity contribution in [3.8, 4) is 0 Å². The summed E-state index contributed by atoms with van der Waals surface area (Å²) in [6, 6.07) is 4.60. The zero-order valence-corrected chi connectivity index (χ0v) is 18.4. The molecule has 0 aromatic heterocycles. The van der Waals surface area contributed by atoms with E-state index in [1.54, 1.807) is 0 Å². The van der Waals surface area contributed by atoms with Crippen LogP contribution in [0.1, 0.15) is 32.6 Å². The Balaban J connectivity index is 1.52. The molecular weight excluding hydrogens is 421 g/mol. The van der Waals surface area contributed by atoms with Crippen molar-refractivity contribution in [3.63, 3.8) is 0 Å². The predicted molar refractivity (Wildman–Crippen MR) is 111 cm³/mol. The molecule has 0 radical (unpaired) electrons. The topological polar surface area (TPSA) is 69.7 Å². The van der Waals surface area contributed by atoms with Crippen LogP contribution in [0.2, 0.25) is 10.0 Å². The van der Waals surface area contributed by atoms with E-state index in [-0.39, 0.29) is 21.9 Å². The Hall–Kier alpha value is -0.860. The van der Waals surface area contributed by atoms with Crippen LogP contribution in [0.4, 0.5) is 0 Å². The number of hydrogen-bond acceptors (Lipinski definition) is 4. The molecule has 2 atom stereocenters. The molecule has 1 saturated heterocycles. The Bertz CT molecular complexity index is 811. The number of carbonyl (C=O) groups is 1. The zero-order valence-electron chi connectivity index (χ0n) is 16.0. The van der Waals surface area contributed by atoms with Crippen LogP contribution in [-0.2, 0) is 14.8 Å². The van der Waals surface area contributed by atoms with Crippen LogP contribution in [0.5, 0.6) is 0 Å². The fraction of sp³-hybridized carbons (Fsp3) is 0.632. The summed E-state index contributed by atoms with van der Waals surface area (Å²) >= 11 is 11.8. The van der Waals surface area contributed by atoms with Crippen molar-refractivity contribution in [1.82, 2.24) is 14.5 Å². The Morgan fingerprint density at radius 1 is 1.11 bits per heavy atom. The summed E-state index contributed by atoms with van der Waals surface area (Å²) in [6.45, 7) is 4.23. The number of nitrogens with one attached hydrogen (secondary N) is 1. The first-order valence-electron chi connectivity index (χ1n) is 9.74. The molecule has 2 fully saturated rings. The van der Waals surface area contributed by atoms with Gasteiger partial charge in [0.25, 0.3) is 0 Å². The fourth-order valence-corrected chi connectivity index (χ4v) is 5.71. The van der Waals surface area contributed by atoms with Gasteiger partial charge in [-0.25, -0.2) is 8.42 Å². The average Bonchev–Trinajstić information content (AvgIpc) is 2.66. The minimum atomic E-state index is -3.62. The molecule has 0 bridgehead atoms. The molecule has 1 aromatic rings. The van der Waals surface area contributed by atoms with Gasteiger partial charge in [-0.15, -0.1) is 0 Å². The van der Waals surface area contributed by atoms with Crippen molar-refractivity contribution >= 4 is 39.1 Å². The molecule has 1 amide bonds. The number of piperazine rings is 1. The Kier molecular flexibility index (Phi) is 7.26. The first kappa shape index (κ1) is 21.8. The Morgan fingerprint density at radius 3 is 2.43 bits per heavy atom. The standard InChI is InChI=1S/C19H27Cl2N3O3S/c1-14-4-2-3-5-18(14)22-19(25)13-23-8-10-24(11-9-23)28(26,27)15-6-7-16(20)17(21)12-15/h6-7,12,14,18H,2-5,8-11,13H2,1H3,(H,22,25). The molecule has 0 spiro atoms. The summed E-state index contributed by atoms with van der Waals surface area (Å²) in [5.41, 5.74) is 0. The van der Waals surface area contributed by atoms with Gasteiger partial charge >= 0.3 is 0 Å². The molecule has 1 aliphatic carbocycles. The quantitative estimate of drug-likeness (QED) is 0.752. The summed E-state index contributed by atoms with van der Waals surface area (Å²) in [7, 11) is -3.62. The number of rotatable bonds is 5. The molecule has 1 N–H and O–H groups in total. The molecule has 2 unspecified atom stereocenters. The Morgan fingerprint density at radius 2 is 1.79 bits per heavy atom. The second kappa shape index (κ2) is 9.30. The van der Waals surface area contributed by atoms with Crippen LogP contribution in [0, 0.1) is 5.92 Å². The van der Waals surface area contributed by atoms with Crippen LogP contribution in [0.25, 0.3) is 0 Å². The number of hydrogen-bond donors (Lipinski definition) is 1. The molecule has 156 valence electrons. The van der Waals surface area contributed by atoms with Gasteiger partial charge in [0.05, 0.1) is 21.5 Å². The summed E-state index contributed by atoms with van der Waals surface area (Å²) < 4.78 is 27.0. The van der Waals surface area contributed by atoms with Gasteiger partial charge in [-0.3, -0.25) is 9.69 Å². The molecular formula is C19H27Cl2N3O3S.